The second-order valence-corrected chi connectivity index (χ2v) is 6.43. The summed E-state index contributed by atoms with van der Waals surface area (Å²) in [6.07, 6.45) is 10.0. The zero-order valence-corrected chi connectivity index (χ0v) is 14.3. The second kappa shape index (κ2) is 8.57. The van der Waals surface area contributed by atoms with Crippen LogP contribution in [0.3, 0.4) is 0 Å². The van der Waals surface area contributed by atoms with E-state index >= 15 is 0 Å². The number of amides is 1. The van der Waals surface area contributed by atoms with E-state index in [1.54, 1.807) is 18.6 Å². The Morgan fingerprint density at radius 3 is 2.88 bits per heavy atom. The average molecular weight is 343 g/mol. The third-order valence-corrected chi connectivity index (χ3v) is 4.49. The fourth-order valence-electron chi connectivity index (χ4n) is 3.01. The lowest BCUT2D eigenvalue weighted by molar-refractivity contribution is 0.0948. The highest BCUT2D eigenvalue weighted by Crippen LogP contribution is 2.26. The molecule has 0 saturated heterocycles. The first-order valence-electron chi connectivity index (χ1n) is 8.82. The maximum absolute atomic E-state index is 12.1. The molecule has 0 bridgehead atoms. The number of hydrogen-bond acceptors (Lipinski definition) is 6. The summed E-state index contributed by atoms with van der Waals surface area (Å²) in [7, 11) is 0. The Balaban J connectivity index is 1.38. The first-order chi connectivity index (χ1) is 12.2. The maximum atomic E-state index is 12.1. The van der Waals surface area contributed by atoms with E-state index in [0.29, 0.717) is 24.3 Å². The zero-order chi connectivity index (χ0) is 17.5. The molecule has 4 N–H and O–H groups in total. The van der Waals surface area contributed by atoms with Crippen LogP contribution in [-0.2, 0) is 0 Å². The van der Waals surface area contributed by atoms with Gasteiger partial charge in [-0.05, 0) is 44.2 Å². The summed E-state index contributed by atoms with van der Waals surface area (Å²) >= 11 is 0. The van der Waals surface area contributed by atoms with E-state index in [4.69, 9.17) is 5.73 Å². The SMILES string of the molecule is NC1CCC(n2cc(C(=O)NCCCNc3cccnc3)nn2)CC1. The summed E-state index contributed by atoms with van der Waals surface area (Å²) in [4.78, 5) is 16.2. The molecule has 25 heavy (non-hydrogen) atoms. The third kappa shape index (κ3) is 4.99. The first kappa shape index (κ1) is 17.3. The number of pyridine rings is 1. The van der Waals surface area contributed by atoms with Crippen LogP contribution in [0.2, 0.25) is 0 Å². The number of carbonyl (C=O) groups excluding carboxylic acids is 1. The molecule has 0 aromatic carbocycles. The van der Waals surface area contributed by atoms with Crippen molar-refractivity contribution in [3.8, 4) is 0 Å². The van der Waals surface area contributed by atoms with Gasteiger partial charge in [0, 0.05) is 31.5 Å². The number of hydrogen-bond donors (Lipinski definition) is 3. The van der Waals surface area contributed by atoms with Gasteiger partial charge in [0.05, 0.1) is 17.9 Å². The average Bonchev–Trinajstić information content (AvgIpc) is 3.13. The van der Waals surface area contributed by atoms with E-state index in [1.165, 1.54) is 0 Å². The van der Waals surface area contributed by atoms with Crippen molar-refractivity contribution in [2.75, 3.05) is 18.4 Å². The van der Waals surface area contributed by atoms with Gasteiger partial charge >= 0.3 is 0 Å². The molecule has 0 spiro atoms. The molecule has 3 rings (SSSR count). The van der Waals surface area contributed by atoms with Crippen LogP contribution in [0.25, 0.3) is 0 Å². The van der Waals surface area contributed by atoms with Crippen molar-refractivity contribution < 1.29 is 4.79 Å². The van der Waals surface area contributed by atoms with Crippen molar-refractivity contribution in [3.63, 3.8) is 0 Å². The van der Waals surface area contributed by atoms with Gasteiger partial charge in [0.2, 0.25) is 0 Å². The molecule has 1 amide bonds. The standard InChI is InChI=1S/C17H25N7O/c18-13-4-6-15(7-5-13)24-12-16(22-23-24)17(25)21-10-2-9-20-14-3-1-8-19-11-14/h1,3,8,11-13,15,20H,2,4-7,9-10,18H2,(H,21,25). The Morgan fingerprint density at radius 2 is 2.12 bits per heavy atom. The predicted octanol–water partition coefficient (Wildman–Crippen LogP) is 1.35. The Kier molecular flexibility index (Phi) is 5.95. The summed E-state index contributed by atoms with van der Waals surface area (Å²) in [5.41, 5.74) is 7.27. The molecule has 0 radical (unpaired) electrons. The molecule has 0 aliphatic heterocycles. The number of nitrogens with one attached hydrogen (secondary N) is 2. The molecule has 134 valence electrons. The van der Waals surface area contributed by atoms with Gasteiger partial charge < -0.3 is 16.4 Å². The first-order valence-corrected chi connectivity index (χ1v) is 8.82. The lowest BCUT2D eigenvalue weighted by Gasteiger charge is -2.25. The number of nitrogens with zero attached hydrogens (tertiary/aromatic N) is 4. The van der Waals surface area contributed by atoms with Crippen LogP contribution in [0, 0.1) is 0 Å². The van der Waals surface area contributed by atoms with Gasteiger partial charge in [-0.1, -0.05) is 5.21 Å². The lowest BCUT2D eigenvalue weighted by atomic mass is 9.92. The molecule has 2 heterocycles. The number of nitrogens with two attached hydrogens (primary N) is 1. The van der Waals surface area contributed by atoms with Gasteiger partial charge in [-0.15, -0.1) is 5.10 Å². The molecule has 1 aliphatic rings. The van der Waals surface area contributed by atoms with E-state index in [2.05, 4.69) is 25.9 Å². The maximum Gasteiger partial charge on any atom is 0.273 e. The fraction of sp³-hybridized carbons (Fsp3) is 0.529. The highest BCUT2D eigenvalue weighted by Gasteiger charge is 2.22. The Labute approximate surface area is 147 Å². The molecule has 2 aromatic rings. The molecular weight excluding hydrogens is 318 g/mol. The molecule has 1 saturated carbocycles. The highest BCUT2D eigenvalue weighted by atomic mass is 16.2. The normalized spacial score (nSPS) is 20.2. The molecule has 0 unspecified atom stereocenters. The largest absolute Gasteiger partial charge is 0.384 e. The van der Waals surface area contributed by atoms with Gasteiger partial charge in [-0.25, -0.2) is 4.68 Å². The lowest BCUT2D eigenvalue weighted by Crippen LogP contribution is -2.28. The van der Waals surface area contributed by atoms with E-state index < -0.39 is 0 Å². The number of anilines is 1. The minimum atomic E-state index is -0.180. The number of aromatic nitrogens is 4. The van der Waals surface area contributed by atoms with Crippen molar-refractivity contribution in [1.29, 1.82) is 0 Å². The van der Waals surface area contributed by atoms with E-state index in [1.807, 2.05) is 16.8 Å². The van der Waals surface area contributed by atoms with Crippen LogP contribution in [0.1, 0.15) is 48.6 Å². The van der Waals surface area contributed by atoms with Crippen molar-refractivity contribution in [2.45, 2.75) is 44.2 Å². The van der Waals surface area contributed by atoms with Crippen LogP contribution in [0.15, 0.2) is 30.7 Å². The van der Waals surface area contributed by atoms with Crippen molar-refractivity contribution in [3.05, 3.63) is 36.4 Å². The van der Waals surface area contributed by atoms with E-state index in [9.17, 15) is 4.79 Å². The van der Waals surface area contributed by atoms with Crippen LogP contribution >= 0.6 is 0 Å². The molecule has 8 heteroatoms. The predicted molar refractivity (Wildman–Crippen MR) is 95.2 cm³/mol. The summed E-state index contributed by atoms with van der Waals surface area (Å²) in [5.74, 6) is -0.180. The smallest absolute Gasteiger partial charge is 0.273 e. The Morgan fingerprint density at radius 1 is 1.28 bits per heavy atom. The number of carbonyl (C=O) groups is 1. The van der Waals surface area contributed by atoms with Crippen LogP contribution < -0.4 is 16.4 Å². The van der Waals surface area contributed by atoms with Crippen molar-refractivity contribution in [2.24, 2.45) is 5.73 Å². The minimum absolute atomic E-state index is 0.180. The van der Waals surface area contributed by atoms with Gasteiger partial charge in [-0.3, -0.25) is 9.78 Å². The van der Waals surface area contributed by atoms with Crippen molar-refractivity contribution >= 4 is 11.6 Å². The summed E-state index contributed by atoms with van der Waals surface area (Å²) in [6.45, 7) is 1.35. The summed E-state index contributed by atoms with van der Waals surface area (Å²) < 4.78 is 1.81. The molecule has 0 atom stereocenters. The molecule has 1 aliphatic carbocycles. The summed E-state index contributed by atoms with van der Waals surface area (Å²) in [5, 5.41) is 14.2. The third-order valence-electron chi connectivity index (χ3n) is 4.49. The monoisotopic (exact) mass is 343 g/mol. The molecule has 8 nitrogen and oxygen atoms in total. The van der Waals surface area contributed by atoms with E-state index in [-0.39, 0.29) is 5.91 Å². The van der Waals surface area contributed by atoms with Crippen LogP contribution in [0.5, 0.6) is 0 Å². The van der Waals surface area contributed by atoms with Crippen LogP contribution in [0.4, 0.5) is 5.69 Å². The quantitative estimate of drug-likeness (QED) is 0.655. The number of rotatable bonds is 7. The zero-order valence-electron chi connectivity index (χ0n) is 14.3. The Hall–Kier alpha value is -2.48. The van der Waals surface area contributed by atoms with Gasteiger partial charge in [0.15, 0.2) is 5.69 Å². The van der Waals surface area contributed by atoms with Crippen LogP contribution in [-0.4, -0.2) is 45.0 Å². The molecular formula is C17H25N7O. The van der Waals surface area contributed by atoms with Crippen molar-refractivity contribution in [1.82, 2.24) is 25.3 Å². The minimum Gasteiger partial charge on any atom is -0.384 e. The Bertz CT molecular complexity index is 665. The second-order valence-electron chi connectivity index (χ2n) is 6.43. The van der Waals surface area contributed by atoms with E-state index in [0.717, 1.165) is 44.3 Å². The molecule has 1 fully saturated rings. The van der Waals surface area contributed by atoms with Gasteiger partial charge in [0.1, 0.15) is 0 Å². The highest BCUT2D eigenvalue weighted by molar-refractivity contribution is 5.91. The fourth-order valence-corrected chi connectivity index (χ4v) is 3.01. The van der Waals surface area contributed by atoms with Gasteiger partial charge in [-0.2, -0.15) is 0 Å². The summed E-state index contributed by atoms with van der Waals surface area (Å²) in [6, 6.07) is 4.44. The molecule has 2 aromatic heterocycles. The van der Waals surface area contributed by atoms with Gasteiger partial charge in [0.25, 0.3) is 5.91 Å². The topological polar surface area (TPSA) is 111 Å².